The van der Waals surface area contributed by atoms with Gasteiger partial charge < -0.3 is 4.74 Å². The monoisotopic (exact) mass is 161 g/mol. The molecule has 0 aliphatic rings. The number of hydrogen-bond acceptors (Lipinski definition) is 3. The zero-order chi connectivity index (χ0) is 8.81. The van der Waals surface area contributed by atoms with Gasteiger partial charge in [0, 0.05) is 12.3 Å². The van der Waals surface area contributed by atoms with Gasteiger partial charge in [0.05, 0.1) is 0 Å². The molecular weight excluding hydrogens is 154 g/mol. The zero-order valence-corrected chi connectivity index (χ0v) is 6.36. The Bertz CT molecular complexity index is 315. The topological polar surface area (TPSA) is 39.2 Å². The summed E-state index contributed by atoms with van der Waals surface area (Å²) >= 11 is 0. The predicted octanol–water partition coefficient (Wildman–Crippen LogP) is 0.906. The Balaban J connectivity index is 2.74. The Hall–Kier alpha value is -1.82. The van der Waals surface area contributed by atoms with E-state index in [9.17, 15) is 4.79 Å². The molecule has 12 heavy (non-hydrogen) atoms. The number of rotatable bonds is 3. The van der Waals surface area contributed by atoms with Crippen molar-refractivity contribution in [3.63, 3.8) is 0 Å². The third kappa shape index (κ3) is 2.10. The summed E-state index contributed by atoms with van der Waals surface area (Å²) in [4.78, 5) is 14.0. The van der Waals surface area contributed by atoms with Crippen molar-refractivity contribution in [1.29, 1.82) is 0 Å². The standard InChI is InChI=1S/C9H7NO2/c1-2-5-12-9-3-4-10-8(6-9)7-11/h1,3-4,6-7H,5H2. The van der Waals surface area contributed by atoms with E-state index >= 15 is 0 Å². The Morgan fingerprint density at radius 2 is 2.58 bits per heavy atom. The van der Waals surface area contributed by atoms with E-state index < -0.39 is 0 Å². The molecule has 1 aromatic rings. The number of aromatic nitrogens is 1. The van der Waals surface area contributed by atoms with E-state index in [-0.39, 0.29) is 6.61 Å². The Morgan fingerprint density at radius 1 is 1.75 bits per heavy atom. The van der Waals surface area contributed by atoms with Crippen LogP contribution in [-0.4, -0.2) is 17.9 Å². The van der Waals surface area contributed by atoms with Gasteiger partial charge in [0.25, 0.3) is 0 Å². The van der Waals surface area contributed by atoms with Crippen LogP contribution in [0.1, 0.15) is 10.5 Å². The molecule has 0 atom stereocenters. The quantitative estimate of drug-likeness (QED) is 0.488. The summed E-state index contributed by atoms with van der Waals surface area (Å²) in [6.45, 7) is 0.197. The van der Waals surface area contributed by atoms with E-state index in [1.165, 1.54) is 12.3 Å². The van der Waals surface area contributed by atoms with Crippen molar-refractivity contribution in [3.05, 3.63) is 24.0 Å². The summed E-state index contributed by atoms with van der Waals surface area (Å²) in [5, 5.41) is 0. The van der Waals surface area contributed by atoms with Crippen molar-refractivity contribution in [2.45, 2.75) is 0 Å². The predicted molar refractivity (Wildman–Crippen MR) is 44.0 cm³/mol. The summed E-state index contributed by atoms with van der Waals surface area (Å²) in [6.07, 6.45) is 7.14. The maximum atomic E-state index is 10.3. The van der Waals surface area contributed by atoms with Crippen molar-refractivity contribution in [3.8, 4) is 18.1 Å². The number of ether oxygens (including phenoxy) is 1. The van der Waals surface area contributed by atoms with Crippen molar-refractivity contribution >= 4 is 6.29 Å². The van der Waals surface area contributed by atoms with Gasteiger partial charge >= 0.3 is 0 Å². The van der Waals surface area contributed by atoms with Crippen LogP contribution in [0.25, 0.3) is 0 Å². The molecule has 0 amide bonds. The molecule has 0 saturated carbocycles. The Kier molecular flexibility index (Phi) is 2.86. The molecule has 0 unspecified atom stereocenters. The van der Waals surface area contributed by atoms with Gasteiger partial charge in [0.15, 0.2) is 6.29 Å². The van der Waals surface area contributed by atoms with Crippen molar-refractivity contribution in [2.24, 2.45) is 0 Å². The lowest BCUT2D eigenvalue weighted by molar-refractivity contribution is 0.111. The van der Waals surface area contributed by atoms with Crippen LogP contribution in [0, 0.1) is 12.3 Å². The van der Waals surface area contributed by atoms with E-state index in [1.807, 2.05) is 0 Å². The summed E-state index contributed by atoms with van der Waals surface area (Å²) in [5.74, 6) is 2.88. The fourth-order valence-electron chi connectivity index (χ4n) is 0.707. The average Bonchev–Trinajstić information content (AvgIpc) is 2.15. The molecule has 0 aliphatic carbocycles. The number of carbonyl (C=O) groups excluding carboxylic acids is 1. The second kappa shape index (κ2) is 4.14. The maximum Gasteiger partial charge on any atom is 0.168 e. The molecular formula is C9H7NO2. The zero-order valence-electron chi connectivity index (χ0n) is 6.36. The molecule has 0 fully saturated rings. The number of terminal acetylenes is 1. The van der Waals surface area contributed by atoms with Crippen LogP contribution in [0.3, 0.4) is 0 Å². The second-order valence-corrected chi connectivity index (χ2v) is 2.03. The van der Waals surface area contributed by atoms with E-state index in [2.05, 4.69) is 10.9 Å². The molecule has 1 aromatic heterocycles. The molecule has 3 heteroatoms. The molecule has 3 nitrogen and oxygen atoms in total. The van der Waals surface area contributed by atoms with E-state index in [4.69, 9.17) is 11.2 Å². The highest BCUT2D eigenvalue weighted by atomic mass is 16.5. The SMILES string of the molecule is C#CCOc1ccnc(C=O)c1. The highest BCUT2D eigenvalue weighted by molar-refractivity contribution is 5.72. The van der Waals surface area contributed by atoms with E-state index in [0.29, 0.717) is 17.7 Å². The second-order valence-electron chi connectivity index (χ2n) is 2.03. The molecule has 0 aromatic carbocycles. The first kappa shape index (κ1) is 8.28. The van der Waals surface area contributed by atoms with Crippen molar-refractivity contribution in [2.75, 3.05) is 6.61 Å². The van der Waals surface area contributed by atoms with Crippen LogP contribution in [0.2, 0.25) is 0 Å². The van der Waals surface area contributed by atoms with Gasteiger partial charge in [0.2, 0.25) is 0 Å². The molecule has 0 bridgehead atoms. The average molecular weight is 161 g/mol. The van der Waals surface area contributed by atoms with Gasteiger partial charge in [-0.1, -0.05) is 5.92 Å². The first-order valence-corrected chi connectivity index (χ1v) is 3.34. The lowest BCUT2D eigenvalue weighted by atomic mass is 10.3. The van der Waals surface area contributed by atoms with E-state index in [1.54, 1.807) is 6.07 Å². The third-order valence-electron chi connectivity index (χ3n) is 1.20. The minimum atomic E-state index is 0.197. The highest BCUT2D eigenvalue weighted by Crippen LogP contribution is 2.08. The summed E-state index contributed by atoms with van der Waals surface area (Å²) < 4.78 is 5.06. The molecule has 1 rings (SSSR count). The first-order valence-electron chi connectivity index (χ1n) is 3.34. The minimum absolute atomic E-state index is 0.197. The molecule has 0 aliphatic heterocycles. The van der Waals surface area contributed by atoms with Crippen LogP contribution in [-0.2, 0) is 0 Å². The van der Waals surface area contributed by atoms with Gasteiger partial charge in [-0.2, -0.15) is 0 Å². The lowest BCUT2D eigenvalue weighted by Gasteiger charge is -2.00. The maximum absolute atomic E-state index is 10.3. The van der Waals surface area contributed by atoms with Gasteiger partial charge in [0.1, 0.15) is 18.1 Å². The lowest BCUT2D eigenvalue weighted by Crippen LogP contribution is -1.95. The highest BCUT2D eigenvalue weighted by Gasteiger charge is 1.94. The first-order chi connectivity index (χ1) is 5.86. The number of nitrogens with zero attached hydrogens (tertiary/aromatic N) is 1. The van der Waals surface area contributed by atoms with Gasteiger partial charge in [-0.15, -0.1) is 6.42 Å². The number of aldehydes is 1. The van der Waals surface area contributed by atoms with Gasteiger partial charge in [-0.25, -0.2) is 0 Å². The largest absolute Gasteiger partial charge is 0.481 e. The summed E-state index contributed by atoms with van der Waals surface area (Å²) in [7, 11) is 0. The van der Waals surface area contributed by atoms with Crippen LogP contribution in [0.5, 0.6) is 5.75 Å². The molecule has 0 saturated heterocycles. The fourth-order valence-corrected chi connectivity index (χ4v) is 0.707. The van der Waals surface area contributed by atoms with Crippen LogP contribution < -0.4 is 4.74 Å². The van der Waals surface area contributed by atoms with Crippen LogP contribution >= 0.6 is 0 Å². The normalized spacial score (nSPS) is 8.58. The Morgan fingerprint density at radius 3 is 3.25 bits per heavy atom. The van der Waals surface area contributed by atoms with Crippen LogP contribution in [0.4, 0.5) is 0 Å². The molecule has 0 spiro atoms. The van der Waals surface area contributed by atoms with Crippen LogP contribution in [0.15, 0.2) is 18.3 Å². The summed E-state index contributed by atoms with van der Waals surface area (Å²) in [5.41, 5.74) is 0.338. The van der Waals surface area contributed by atoms with E-state index in [0.717, 1.165) is 0 Å². The number of hydrogen-bond donors (Lipinski definition) is 0. The summed E-state index contributed by atoms with van der Waals surface area (Å²) in [6, 6.07) is 3.18. The van der Waals surface area contributed by atoms with Crippen molar-refractivity contribution < 1.29 is 9.53 Å². The molecule has 0 N–H and O–H groups in total. The smallest absolute Gasteiger partial charge is 0.168 e. The third-order valence-corrected chi connectivity index (χ3v) is 1.20. The molecule has 60 valence electrons. The number of pyridine rings is 1. The fraction of sp³-hybridized carbons (Fsp3) is 0.111. The van der Waals surface area contributed by atoms with Gasteiger partial charge in [-0.05, 0) is 6.07 Å². The molecule has 0 radical (unpaired) electrons. The Labute approximate surface area is 70.4 Å². The number of carbonyl (C=O) groups is 1. The minimum Gasteiger partial charge on any atom is -0.481 e. The molecule has 1 heterocycles. The van der Waals surface area contributed by atoms with Crippen molar-refractivity contribution in [1.82, 2.24) is 4.98 Å². The van der Waals surface area contributed by atoms with Gasteiger partial charge in [-0.3, -0.25) is 9.78 Å².